The van der Waals surface area contributed by atoms with Crippen LogP contribution in [0.25, 0.3) is 0 Å². The number of benzene rings is 1. The molecule has 0 bridgehead atoms. The van der Waals surface area contributed by atoms with Crippen molar-refractivity contribution < 1.29 is 22.7 Å². The summed E-state index contributed by atoms with van der Waals surface area (Å²) in [6.07, 6.45) is -1.59. The van der Waals surface area contributed by atoms with Gasteiger partial charge in [0.15, 0.2) is 0 Å². The number of hydrogen-bond donors (Lipinski definition) is 1. The quantitative estimate of drug-likeness (QED) is 0.874. The number of hydrogen-bond acceptors (Lipinski definition) is 2. The van der Waals surface area contributed by atoms with Crippen molar-refractivity contribution in [3.8, 4) is 0 Å². The fourth-order valence-electron chi connectivity index (χ4n) is 2.63. The molecule has 1 fully saturated rings. The van der Waals surface area contributed by atoms with E-state index in [1.54, 1.807) is 0 Å². The second-order valence-electron chi connectivity index (χ2n) is 5.72. The predicted octanol–water partition coefficient (Wildman–Crippen LogP) is 4.53. The summed E-state index contributed by atoms with van der Waals surface area (Å²) in [5.41, 5.74) is -3.06. The Kier molecular flexibility index (Phi) is 4.10. The SMILES string of the molecule is O=C1N=CC(OCC2CCC2)(C(F)(F)F)c2cc(Cl)ccc2N1. The molecule has 124 valence electrons. The van der Waals surface area contributed by atoms with Crippen LogP contribution in [0.15, 0.2) is 23.2 Å². The van der Waals surface area contributed by atoms with Gasteiger partial charge in [-0.25, -0.2) is 9.79 Å². The monoisotopic (exact) mass is 346 g/mol. The molecule has 0 saturated heterocycles. The number of urea groups is 1. The summed E-state index contributed by atoms with van der Waals surface area (Å²) >= 11 is 5.86. The standard InChI is InChI=1S/C15H14ClF3N2O2/c16-10-4-5-12-11(6-10)14(15(17,18)19,8-20-13(22)21-12)23-7-9-2-1-3-9/h4-6,8-9H,1-3,7H2,(H,21,22). The summed E-state index contributed by atoms with van der Waals surface area (Å²) in [7, 11) is 0. The maximum Gasteiger partial charge on any atom is 0.427 e. The van der Waals surface area contributed by atoms with Crippen LogP contribution in [0.3, 0.4) is 0 Å². The molecule has 0 radical (unpaired) electrons. The lowest BCUT2D eigenvalue weighted by molar-refractivity contribution is -0.256. The third kappa shape index (κ3) is 2.95. The highest BCUT2D eigenvalue weighted by Gasteiger charge is 2.58. The van der Waals surface area contributed by atoms with Crippen molar-refractivity contribution in [3.05, 3.63) is 28.8 Å². The van der Waals surface area contributed by atoms with Crippen LogP contribution in [0.5, 0.6) is 0 Å². The van der Waals surface area contributed by atoms with Crippen molar-refractivity contribution >= 4 is 29.5 Å². The first-order chi connectivity index (χ1) is 10.8. The lowest BCUT2D eigenvalue weighted by Crippen LogP contribution is -2.47. The van der Waals surface area contributed by atoms with Gasteiger partial charge in [-0.2, -0.15) is 13.2 Å². The van der Waals surface area contributed by atoms with Crippen LogP contribution >= 0.6 is 11.6 Å². The first-order valence-corrected chi connectivity index (χ1v) is 7.56. The number of nitrogens with zero attached hydrogens (tertiary/aromatic N) is 1. The predicted molar refractivity (Wildman–Crippen MR) is 80.0 cm³/mol. The molecule has 1 aromatic carbocycles. The van der Waals surface area contributed by atoms with E-state index < -0.39 is 17.8 Å². The second-order valence-corrected chi connectivity index (χ2v) is 6.16. The van der Waals surface area contributed by atoms with Crippen LogP contribution < -0.4 is 5.32 Å². The van der Waals surface area contributed by atoms with Gasteiger partial charge in [0.25, 0.3) is 0 Å². The summed E-state index contributed by atoms with van der Waals surface area (Å²) in [5, 5.41) is 2.44. The molecule has 3 rings (SSSR count). The molecule has 2 amide bonds. The smallest absolute Gasteiger partial charge is 0.356 e. The average molecular weight is 347 g/mol. The minimum absolute atomic E-state index is 0.0113. The largest absolute Gasteiger partial charge is 0.427 e. The Bertz CT molecular complexity index is 659. The van der Waals surface area contributed by atoms with Gasteiger partial charge in [-0.3, -0.25) is 0 Å². The topological polar surface area (TPSA) is 50.7 Å². The van der Waals surface area contributed by atoms with E-state index in [-0.39, 0.29) is 28.8 Å². The van der Waals surface area contributed by atoms with Crippen LogP contribution in [-0.4, -0.2) is 25.0 Å². The molecule has 1 aliphatic carbocycles. The van der Waals surface area contributed by atoms with Crippen LogP contribution in [0, 0.1) is 5.92 Å². The summed E-state index contributed by atoms with van der Waals surface area (Å²) in [6.45, 7) is -0.0499. The molecule has 1 unspecified atom stereocenters. The van der Waals surface area contributed by atoms with Gasteiger partial charge in [-0.15, -0.1) is 0 Å². The Morgan fingerprint density at radius 1 is 1.39 bits per heavy atom. The van der Waals surface area contributed by atoms with E-state index in [0.717, 1.165) is 25.3 Å². The number of rotatable bonds is 3. The molecule has 1 heterocycles. The van der Waals surface area contributed by atoms with E-state index in [2.05, 4.69) is 10.3 Å². The van der Waals surface area contributed by atoms with E-state index in [0.29, 0.717) is 6.21 Å². The van der Waals surface area contributed by atoms with Crippen LogP contribution in [0.4, 0.5) is 23.7 Å². The van der Waals surface area contributed by atoms with Gasteiger partial charge in [-0.05, 0) is 37.0 Å². The highest BCUT2D eigenvalue weighted by atomic mass is 35.5. The summed E-state index contributed by atoms with van der Waals surface area (Å²) in [6, 6.07) is 2.99. The van der Waals surface area contributed by atoms with E-state index in [9.17, 15) is 18.0 Å². The zero-order valence-corrected chi connectivity index (χ0v) is 12.7. The van der Waals surface area contributed by atoms with Gasteiger partial charge >= 0.3 is 12.2 Å². The number of halogens is 4. The lowest BCUT2D eigenvalue weighted by atomic mass is 9.85. The zero-order chi connectivity index (χ0) is 16.7. The van der Waals surface area contributed by atoms with Crippen molar-refractivity contribution in [3.63, 3.8) is 0 Å². The molecule has 0 aromatic heterocycles. The first kappa shape index (κ1) is 16.3. The molecule has 1 N–H and O–H groups in total. The van der Waals surface area contributed by atoms with E-state index in [4.69, 9.17) is 16.3 Å². The maximum absolute atomic E-state index is 13.9. The second kappa shape index (κ2) is 5.79. The Labute approximate surface area is 135 Å². The third-order valence-corrected chi connectivity index (χ3v) is 4.41. The third-order valence-electron chi connectivity index (χ3n) is 4.18. The van der Waals surface area contributed by atoms with Crippen LogP contribution in [-0.2, 0) is 10.3 Å². The molecular weight excluding hydrogens is 333 g/mol. The summed E-state index contributed by atoms with van der Waals surface area (Å²) in [5.74, 6) is 0.0946. The van der Waals surface area contributed by atoms with Gasteiger partial charge in [0.1, 0.15) is 0 Å². The van der Waals surface area contributed by atoms with Crippen molar-refractivity contribution in [2.75, 3.05) is 11.9 Å². The number of carbonyl (C=O) groups excluding carboxylic acids is 1. The lowest BCUT2D eigenvalue weighted by Gasteiger charge is -2.36. The Morgan fingerprint density at radius 2 is 2.13 bits per heavy atom. The van der Waals surface area contributed by atoms with Gasteiger partial charge in [0, 0.05) is 16.3 Å². The number of carbonyl (C=O) groups is 1. The molecule has 1 atom stereocenters. The molecular formula is C15H14ClF3N2O2. The Morgan fingerprint density at radius 3 is 2.74 bits per heavy atom. The minimum atomic E-state index is -4.79. The van der Waals surface area contributed by atoms with Crippen molar-refractivity contribution in [2.45, 2.75) is 31.0 Å². The first-order valence-electron chi connectivity index (χ1n) is 7.19. The zero-order valence-electron chi connectivity index (χ0n) is 12.0. The molecule has 8 heteroatoms. The molecule has 2 aliphatic rings. The summed E-state index contributed by atoms with van der Waals surface area (Å²) in [4.78, 5) is 14.9. The van der Waals surface area contributed by atoms with Crippen molar-refractivity contribution in [1.29, 1.82) is 0 Å². The number of amides is 2. The van der Waals surface area contributed by atoms with E-state index in [1.165, 1.54) is 12.1 Å². The van der Waals surface area contributed by atoms with E-state index >= 15 is 0 Å². The summed E-state index contributed by atoms with van der Waals surface area (Å²) < 4.78 is 47.0. The highest BCUT2D eigenvalue weighted by Crippen LogP contribution is 2.46. The number of aliphatic imine (C=N–C) groups is 1. The Balaban J connectivity index is 2.10. The fraction of sp³-hybridized carbons (Fsp3) is 0.467. The van der Waals surface area contributed by atoms with Crippen LogP contribution in [0.2, 0.25) is 5.02 Å². The van der Waals surface area contributed by atoms with Gasteiger partial charge in [0.05, 0.1) is 12.8 Å². The number of fused-ring (bicyclic) bond motifs is 1. The number of nitrogens with one attached hydrogen (secondary N) is 1. The maximum atomic E-state index is 13.9. The average Bonchev–Trinajstić information content (AvgIpc) is 2.54. The highest BCUT2D eigenvalue weighted by molar-refractivity contribution is 6.30. The number of anilines is 1. The van der Waals surface area contributed by atoms with Crippen LogP contribution in [0.1, 0.15) is 24.8 Å². The normalized spacial score (nSPS) is 24.6. The molecule has 1 aromatic rings. The fourth-order valence-corrected chi connectivity index (χ4v) is 2.80. The molecule has 1 saturated carbocycles. The van der Waals surface area contributed by atoms with E-state index in [1.807, 2.05) is 0 Å². The Hall–Kier alpha value is -1.60. The minimum Gasteiger partial charge on any atom is -0.356 e. The molecule has 4 nitrogen and oxygen atoms in total. The number of ether oxygens (including phenoxy) is 1. The van der Waals surface area contributed by atoms with Gasteiger partial charge < -0.3 is 10.1 Å². The van der Waals surface area contributed by atoms with Gasteiger partial charge in [-0.1, -0.05) is 18.0 Å². The number of alkyl halides is 3. The molecule has 23 heavy (non-hydrogen) atoms. The molecule has 0 spiro atoms. The van der Waals surface area contributed by atoms with Gasteiger partial charge in [0.2, 0.25) is 5.60 Å². The van der Waals surface area contributed by atoms with Crippen molar-refractivity contribution in [1.82, 2.24) is 0 Å². The molecule has 1 aliphatic heterocycles. The van der Waals surface area contributed by atoms with Crippen molar-refractivity contribution in [2.24, 2.45) is 10.9 Å².